The Balaban J connectivity index is 1.58. The molecule has 0 amide bonds. The molecule has 0 radical (unpaired) electrons. The fourth-order valence-corrected chi connectivity index (χ4v) is 3.13. The lowest BCUT2D eigenvalue weighted by molar-refractivity contribution is 0.243. The molecule has 1 atom stereocenters. The summed E-state index contributed by atoms with van der Waals surface area (Å²) in [6.07, 6.45) is 15.1. The highest BCUT2D eigenvalue weighted by molar-refractivity contribution is 5.21. The summed E-state index contributed by atoms with van der Waals surface area (Å²) in [5, 5.41) is 0. The van der Waals surface area contributed by atoms with Gasteiger partial charge >= 0.3 is 0 Å². The van der Waals surface area contributed by atoms with Crippen LogP contribution in [0.15, 0.2) is 55.6 Å². The quantitative estimate of drug-likeness (QED) is 0.741. The van der Waals surface area contributed by atoms with Crippen molar-refractivity contribution in [3.63, 3.8) is 0 Å². The van der Waals surface area contributed by atoms with Gasteiger partial charge in [0.05, 0.1) is 24.1 Å². The summed E-state index contributed by atoms with van der Waals surface area (Å²) in [5.41, 5.74) is 2.26. The van der Waals surface area contributed by atoms with E-state index in [1.807, 2.05) is 35.4 Å². The monoisotopic (exact) mass is 306 g/mol. The molecule has 0 unspecified atom stereocenters. The van der Waals surface area contributed by atoms with E-state index in [4.69, 9.17) is 4.98 Å². The van der Waals surface area contributed by atoms with E-state index >= 15 is 0 Å². The van der Waals surface area contributed by atoms with Gasteiger partial charge in [-0.15, -0.1) is 0 Å². The Morgan fingerprint density at radius 1 is 1.09 bits per heavy atom. The predicted octanol–water partition coefficient (Wildman–Crippen LogP) is 2.39. The Morgan fingerprint density at radius 2 is 2.09 bits per heavy atom. The topological polar surface area (TPSA) is 59.7 Å². The average molecular weight is 306 g/mol. The Kier molecular flexibility index (Phi) is 3.81. The largest absolute Gasteiger partial charge is 0.290 e. The first kappa shape index (κ1) is 14.0. The number of imidazole rings is 1. The SMILES string of the molecule is c1cncc(CN2CCC[C@@H]2c2cncc(-n3ccnc3)n2)c1. The van der Waals surface area contributed by atoms with Crippen LogP contribution in [0.5, 0.6) is 0 Å². The standard InChI is InChI=1S/C17H18N6/c1-3-14(9-18-5-1)12-22-7-2-4-16(22)15-10-20-11-17(21-15)23-8-6-19-13-23/h1,3,5-6,8-11,13,16H,2,4,7,12H2/t16-/m1/s1. The Labute approximate surface area is 134 Å². The molecular weight excluding hydrogens is 288 g/mol. The molecule has 1 fully saturated rings. The third-order valence-corrected chi connectivity index (χ3v) is 4.22. The zero-order valence-electron chi connectivity index (χ0n) is 12.8. The van der Waals surface area contributed by atoms with Gasteiger partial charge in [0.1, 0.15) is 6.33 Å². The van der Waals surface area contributed by atoms with E-state index in [1.54, 1.807) is 18.7 Å². The Bertz CT molecular complexity index is 756. The maximum atomic E-state index is 4.79. The second-order valence-corrected chi connectivity index (χ2v) is 5.76. The molecule has 1 aliphatic rings. The fraction of sp³-hybridized carbons (Fsp3) is 0.294. The maximum Gasteiger partial charge on any atom is 0.156 e. The second-order valence-electron chi connectivity index (χ2n) is 5.76. The molecule has 6 nitrogen and oxygen atoms in total. The molecule has 4 heterocycles. The van der Waals surface area contributed by atoms with E-state index in [2.05, 4.69) is 25.9 Å². The van der Waals surface area contributed by atoms with Crippen molar-refractivity contribution in [2.24, 2.45) is 0 Å². The highest BCUT2D eigenvalue weighted by Crippen LogP contribution is 2.31. The van der Waals surface area contributed by atoms with Crippen LogP contribution in [0.1, 0.15) is 30.1 Å². The number of hydrogen-bond acceptors (Lipinski definition) is 5. The van der Waals surface area contributed by atoms with Crippen LogP contribution in [0.3, 0.4) is 0 Å². The molecule has 0 saturated carbocycles. The van der Waals surface area contributed by atoms with Crippen molar-refractivity contribution in [3.05, 3.63) is 66.9 Å². The first-order chi connectivity index (χ1) is 11.4. The van der Waals surface area contributed by atoms with Gasteiger partial charge in [-0.25, -0.2) is 9.97 Å². The summed E-state index contributed by atoms with van der Waals surface area (Å²) in [7, 11) is 0. The molecule has 0 spiro atoms. The average Bonchev–Trinajstić information content (AvgIpc) is 3.28. The van der Waals surface area contributed by atoms with Gasteiger partial charge in [-0.3, -0.25) is 19.4 Å². The number of nitrogens with zero attached hydrogens (tertiary/aromatic N) is 6. The maximum absolute atomic E-state index is 4.79. The summed E-state index contributed by atoms with van der Waals surface area (Å²) in [6.45, 7) is 1.98. The molecule has 0 aliphatic carbocycles. The van der Waals surface area contributed by atoms with Crippen molar-refractivity contribution in [1.82, 2.24) is 29.4 Å². The minimum Gasteiger partial charge on any atom is -0.290 e. The van der Waals surface area contributed by atoms with E-state index in [-0.39, 0.29) is 0 Å². The van der Waals surface area contributed by atoms with E-state index in [9.17, 15) is 0 Å². The molecule has 4 rings (SSSR count). The minimum absolute atomic E-state index is 0.311. The lowest BCUT2D eigenvalue weighted by Crippen LogP contribution is -2.24. The zero-order chi connectivity index (χ0) is 15.5. The van der Waals surface area contributed by atoms with Crippen molar-refractivity contribution in [2.75, 3.05) is 6.54 Å². The van der Waals surface area contributed by atoms with Gasteiger partial charge in [0.15, 0.2) is 5.82 Å². The normalized spacial score (nSPS) is 18.3. The van der Waals surface area contributed by atoms with Gasteiger partial charge in [-0.2, -0.15) is 0 Å². The third-order valence-electron chi connectivity index (χ3n) is 4.22. The summed E-state index contributed by atoms with van der Waals surface area (Å²) in [6, 6.07) is 4.42. The van der Waals surface area contributed by atoms with E-state index in [1.165, 1.54) is 12.0 Å². The molecule has 0 aromatic carbocycles. The van der Waals surface area contributed by atoms with Gasteiger partial charge in [0.25, 0.3) is 0 Å². The second kappa shape index (κ2) is 6.26. The van der Waals surface area contributed by atoms with Gasteiger partial charge < -0.3 is 0 Å². The van der Waals surface area contributed by atoms with Crippen molar-refractivity contribution >= 4 is 0 Å². The van der Waals surface area contributed by atoms with Crippen molar-refractivity contribution in [3.8, 4) is 5.82 Å². The molecule has 3 aromatic rings. The smallest absolute Gasteiger partial charge is 0.156 e. The molecule has 6 heteroatoms. The third kappa shape index (κ3) is 2.98. The first-order valence-corrected chi connectivity index (χ1v) is 7.83. The molecule has 23 heavy (non-hydrogen) atoms. The number of aromatic nitrogens is 5. The van der Waals surface area contributed by atoms with Crippen LogP contribution < -0.4 is 0 Å². The number of rotatable bonds is 4. The van der Waals surface area contributed by atoms with Gasteiger partial charge in [0, 0.05) is 31.3 Å². The Hall–Kier alpha value is -2.60. The summed E-state index contributed by atoms with van der Waals surface area (Å²) < 4.78 is 1.89. The molecule has 116 valence electrons. The van der Waals surface area contributed by atoms with E-state index < -0.39 is 0 Å². The van der Waals surface area contributed by atoms with Crippen LogP contribution in [0.2, 0.25) is 0 Å². The number of likely N-dealkylation sites (tertiary alicyclic amines) is 1. The van der Waals surface area contributed by atoms with Crippen LogP contribution in [-0.2, 0) is 6.54 Å². The van der Waals surface area contributed by atoms with Gasteiger partial charge in [0.2, 0.25) is 0 Å². The fourth-order valence-electron chi connectivity index (χ4n) is 3.13. The van der Waals surface area contributed by atoms with Crippen LogP contribution in [0.4, 0.5) is 0 Å². The molecule has 1 saturated heterocycles. The highest BCUT2D eigenvalue weighted by atomic mass is 15.2. The van der Waals surface area contributed by atoms with Gasteiger partial charge in [-0.05, 0) is 31.0 Å². The predicted molar refractivity (Wildman–Crippen MR) is 85.8 cm³/mol. The first-order valence-electron chi connectivity index (χ1n) is 7.83. The number of hydrogen-bond donors (Lipinski definition) is 0. The van der Waals surface area contributed by atoms with Gasteiger partial charge in [-0.1, -0.05) is 6.07 Å². The molecule has 0 N–H and O–H groups in total. The van der Waals surface area contributed by atoms with Crippen LogP contribution >= 0.6 is 0 Å². The molecule has 3 aromatic heterocycles. The zero-order valence-corrected chi connectivity index (χ0v) is 12.8. The lowest BCUT2D eigenvalue weighted by Gasteiger charge is -2.24. The van der Waals surface area contributed by atoms with Crippen molar-refractivity contribution < 1.29 is 0 Å². The van der Waals surface area contributed by atoms with Crippen LogP contribution in [0.25, 0.3) is 5.82 Å². The van der Waals surface area contributed by atoms with Crippen LogP contribution in [-0.4, -0.2) is 35.9 Å². The van der Waals surface area contributed by atoms with E-state index in [0.717, 1.165) is 31.0 Å². The van der Waals surface area contributed by atoms with Crippen molar-refractivity contribution in [1.29, 1.82) is 0 Å². The Morgan fingerprint density at radius 3 is 2.91 bits per heavy atom. The molecule has 0 bridgehead atoms. The van der Waals surface area contributed by atoms with Crippen molar-refractivity contribution in [2.45, 2.75) is 25.4 Å². The molecule has 1 aliphatic heterocycles. The molecular formula is C17H18N6. The minimum atomic E-state index is 0.311. The number of pyridine rings is 1. The summed E-state index contributed by atoms with van der Waals surface area (Å²) in [4.78, 5) is 19.9. The summed E-state index contributed by atoms with van der Waals surface area (Å²) >= 11 is 0. The highest BCUT2D eigenvalue weighted by Gasteiger charge is 2.27. The van der Waals surface area contributed by atoms with E-state index in [0.29, 0.717) is 6.04 Å². The summed E-state index contributed by atoms with van der Waals surface area (Å²) in [5.74, 6) is 0.813. The lowest BCUT2D eigenvalue weighted by atomic mass is 10.1. The van der Waals surface area contributed by atoms with Crippen LogP contribution in [0, 0.1) is 0 Å².